The van der Waals surface area contributed by atoms with E-state index in [2.05, 4.69) is 4.72 Å². The molecule has 2 N–H and O–H groups in total. The van der Waals surface area contributed by atoms with Crippen molar-refractivity contribution in [1.82, 2.24) is 4.72 Å². The Bertz CT molecular complexity index is 647. The monoisotopic (exact) mass is 313 g/mol. The van der Waals surface area contributed by atoms with Gasteiger partial charge in [-0.1, -0.05) is 6.07 Å². The molecule has 0 radical (unpaired) electrons. The van der Waals surface area contributed by atoms with Crippen molar-refractivity contribution in [2.45, 2.75) is 37.1 Å². The SMILES string of the molecule is Cc1ccc(S(=O)(=O)NC2(C)CCCOC2)cc1C(=O)O. The first-order valence-corrected chi connectivity index (χ1v) is 8.17. The van der Waals surface area contributed by atoms with Crippen LogP contribution < -0.4 is 4.72 Å². The van der Waals surface area contributed by atoms with Crippen molar-refractivity contribution in [2.75, 3.05) is 13.2 Å². The van der Waals surface area contributed by atoms with Crippen LogP contribution in [0.2, 0.25) is 0 Å². The zero-order valence-electron chi connectivity index (χ0n) is 12.0. The molecule has 7 heteroatoms. The molecule has 1 fully saturated rings. The standard InChI is InChI=1S/C14H19NO5S/c1-10-4-5-11(8-12(10)13(16)17)21(18,19)15-14(2)6-3-7-20-9-14/h4-5,8,15H,3,6-7,9H2,1-2H3,(H,16,17). The summed E-state index contributed by atoms with van der Waals surface area (Å²) in [5, 5.41) is 9.09. The van der Waals surface area contributed by atoms with E-state index in [4.69, 9.17) is 9.84 Å². The lowest BCUT2D eigenvalue weighted by Gasteiger charge is -2.33. The first-order chi connectivity index (χ1) is 9.73. The van der Waals surface area contributed by atoms with Crippen LogP contribution >= 0.6 is 0 Å². The highest BCUT2D eigenvalue weighted by atomic mass is 32.2. The third-order valence-electron chi connectivity index (χ3n) is 3.57. The third-order valence-corrected chi connectivity index (χ3v) is 5.20. The van der Waals surface area contributed by atoms with E-state index in [0.29, 0.717) is 25.2 Å². The molecule has 0 saturated carbocycles. The van der Waals surface area contributed by atoms with Crippen molar-refractivity contribution in [3.8, 4) is 0 Å². The lowest BCUT2D eigenvalue weighted by atomic mass is 9.97. The van der Waals surface area contributed by atoms with Crippen LogP contribution in [0, 0.1) is 6.92 Å². The van der Waals surface area contributed by atoms with Gasteiger partial charge in [0.1, 0.15) is 0 Å². The molecular formula is C14H19NO5S. The second-order valence-electron chi connectivity index (χ2n) is 5.60. The van der Waals surface area contributed by atoms with Gasteiger partial charge in [-0.3, -0.25) is 0 Å². The fourth-order valence-electron chi connectivity index (χ4n) is 2.40. The summed E-state index contributed by atoms with van der Waals surface area (Å²) >= 11 is 0. The average molecular weight is 313 g/mol. The predicted octanol–water partition coefficient (Wildman–Crippen LogP) is 1.54. The molecule has 1 aliphatic rings. The van der Waals surface area contributed by atoms with E-state index in [1.54, 1.807) is 13.8 Å². The van der Waals surface area contributed by atoms with Gasteiger partial charge in [0.2, 0.25) is 10.0 Å². The van der Waals surface area contributed by atoms with Gasteiger partial charge in [0.05, 0.1) is 22.6 Å². The molecule has 1 aromatic carbocycles. The van der Waals surface area contributed by atoms with Gasteiger partial charge in [0, 0.05) is 6.61 Å². The highest BCUT2D eigenvalue weighted by Crippen LogP contribution is 2.23. The van der Waals surface area contributed by atoms with Gasteiger partial charge in [-0.05, 0) is 44.4 Å². The maximum atomic E-state index is 12.4. The van der Waals surface area contributed by atoms with Gasteiger partial charge in [-0.15, -0.1) is 0 Å². The van der Waals surface area contributed by atoms with Gasteiger partial charge in [-0.2, -0.15) is 0 Å². The summed E-state index contributed by atoms with van der Waals surface area (Å²) in [7, 11) is -3.78. The minimum atomic E-state index is -3.78. The van der Waals surface area contributed by atoms with Crippen LogP contribution in [0.15, 0.2) is 23.1 Å². The van der Waals surface area contributed by atoms with Gasteiger partial charge < -0.3 is 9.84 Å². The Balaban J connectivity index is 2.31. The number of ether oxygens (including phenoxy) is 1. The first-order valence-electron chi connectivity index (χ1n) is 6.69. The van der Waals surface area contributed by atoms with E-state index in [-0.39, 0.29) is 10.5 Å². The molecule has 1 aromatic rings. The molecule has 0 aliphatic carbocycles. The molecule has 1 unspecified atom stereocenters. The maximum Gasteiger partial charge on any atom is 0.335 e. The Hall–Kier alpha value is -1.44. The van der Waals surface area contributed by atoms with Gasteiger partial charge in [-0.25, -0.2) is 17.9 Å². The number of carbonyl (C=O) groups is 1. The van der Waals surface area contributed by atoms with Crippen molar-refractivity contribution >= 4 is 16.0 Å². The summed E-state index contributed by atoms with van der Waals surface area (Å²) in [6.45, 7) is 4.36. The molecule has 1 saturated heterocycles. The number of hydrogen-bond acceptors (Lipinski definition) is 4. The Kier molecular flexibility index (Phi) is 4.36. The number of hydrogen-bond donors (Lipinski definition) is 2. The lowest BCUT2D eigenvalue weighted by Crippen LogP contribution is -2.51. The molecule has 0 spiro atoms. The molecule has 0 aromatic heterocycles. The average Bonchev–Trinajstić information content (AvgIpc) is 2.38. The largest absolute Gasteiger partial charge is 0.478 e. The van der Waals surface area contributed by atoms with E-state index in [1.165, 1.54) is 18.2 Å². The fraction of sp³-hybridized carbons (Fsp3) is 0.500. The minimum absolute atomic E-state index is 0.0112. The summed E-state index contributed by atoms with van der Waals surface area (Å²) in [6.07, 6.45) is 1.47. The summed E-state index contributed by atoms with van der Waals surface area (Å²) in [4.78, 5) is 11.1. The molecule has 0 bridgehead atoms. The summed E-state index contributed by atoms with van der Waals surface area (Å²) in [6, 6.07) is 4.10. The second-order valence-corrected chi connectivity index (χ2v) is 7.29. The minimum Gasteiger partial charge on any atom is -0.478 e. The number of aryl methyl sites for hydroxylation is 1. The second kappa shape index (κ2) is 5.75. The normalized spacial score (nSPS) is 23.0. The van der Waals surface area contributed by atoms with Crippen molar-refractivity contribution in [3.63, 3.8) is 0 Å². The van der Waals surface area contributed by atoms with Crippen LogP contribution in [0.5, 0.6) is 0 Å². The molecule has 1 heterocycles. The Morgan fingerprint density at radius 2 is 2.14 bits per heavy atom. The van der Waals surface area contributed by atoms with Crippen molar-refractivity contribution in [2.24, 2.45) is 0 Å². The maximum absolute atomic E-state index is 12.4. The molecule has 1 aliphatic heterocycles. The Labute approximate surface area is 124 Å². The Morgan fingerprint density at radius 3 is 2.71 bits per heavy atom. The molecule has 116 valence electrons. The molecule has 21 heavy (non-hydrogen) atoms. The topological polar surface area (TPSA) is 92.7 Å². The number of sulfonamides is 1. The lowest BCUT2D eigenvalue weighted by molar-refractivity contribution is 0.0386. The molecule has 6 nitrogen and oxygen atoms in total. The van der Waals surface area contributed by atoms with Crippen LogP contribution in [0.25, 0.3) is 0 Å². The first kappa shape index (κ1) is 15.9. The third kappa shape index (κ3) is 3.61. The molecule has 1 atom stereocenters. The zero-order chi connectivity index (χ0) is 15.7. The number of carboxylic acid groups (broad SMARTS) is 1. The highest BCUT2D eigenvalue weighted by Gasteiger charge is 2.33. The van der Waals surface area contributed by atoms with Gasteiger partial charge in [0.25, 0.3) is 0 Å². The van der Waals surface area contributed by atoms with Gasteiger partial charge in [0.15, 0.2) is 0 Å². The quantitative estimate of drug-likeness (QED) is 0.879. The van der Waals surface area contributed by atoms with Crippen LogP contribution in [0.1, 0.15) is 35.7 Å². The Morgan fingerprint density at radius 1 is 1.43 bits per heavy atom. The number of benzene rings is 1. The fourth-order valence-corrected chi connectivity index (χ4v) is 3.84. The zero-order valence-corrected chi connectivity index (χ0v) is 12.9. The van der Waals surface area contributed by atoms with E-state index in [9.17, 15) is 13.2 Å². The predicted molar refractivity (Wildman–Crippen MR) is 76.9 cm³/mol. The molecular weight excluding hydrogens is 294 g/mol. The molecule has 0 amide bonds. The van der Waals surface area contributed by atoms with Crippen LogP contribution in [-0.2, 0) is 14.8 Å². The number of carboxylic acids is 1. The van der Waals surface area contributed by atoms with E-state index >= 15 is 0 Å². The van der Waals surface area contributed by atoms with E-state index < -0.39 is 21.5 Å². The summed E-state index contributed by atoms with van der Waals surface area (Å²) in [5.41, 5.74) is -0.151. The van der Waals surface area contributed by atoms with Crippen molar-refractivity contribution in [3.05, 3.63) is 29.3 Å². The molecule has 2 rings (SSSR count). The smallest absolute Gasteiger partial charge is 0.335 e. The number of rotatable bonds is 4. The van der Waals surface area contributed by atoms with Crippen LogP contribution in [0.4, 0.5) is 0 Å². The van der Waals surface area contributed by atoms with Crippen molar-refractivity contribution < 1.29 is 23.1 Å². The number of nitrogens with one attached hydrogen (secondary N) is 1. The summed E-state index contributed by atoms with van der Waals surface area (Å²) in [5.74, 6) is -1.14. The van der Waals surface area contributed by atoms with Crippen molar-refractivity contribution in [1.29, 1.82) is 0 Å². The summed E-state index contributed by atoms with van der Waals surface area (Å²) < 4.78 is 32.8. The van der Waals surface area contributed by atoms with Gasteiger partial charge >= 0.3 is 5.97 Å². The van der Waals surface area contributed by atoms with Crippen LogP contribution in [0.3, 0.4) is 0 Å². The van der Waals surface area contributed by atoms with E-state index in [0.717, 1.165) is 6.42 Å². The van der Waals surface area contributed by atoms with E-state index in [1.807, 2.05) is 0 Å². The van der Waals surface area contributed by atoms with Crippen LogP contribution in [-0.4, -0.2) is 38.2 Å². The number of aromatic carboxylic acids is 1. The highest BCUT2D eigenvalue weighted by molar-refractivity contribution is 7.89.